The van der Waals surface area contributed by atoms with Crippen molar-refractivity contribution in [1.82, 2.24) is 40.6 Å². The largest absolute Gasteiger partial charge is 0.477 e. The molecule has 14 heteroatoms. The van der Waals surface area contributed by atoms with Crippen LogP contribution in [0.1, 0.15) is 26.7 Å². The van der Waals surface area contributed by atoms with E-state index in [9.17, 15) is 19.5 Å². The van der Waals surface area contributed by atoms with Crippen molar-refractivity contribution >= 4 is 29.5 Å². The van der Waals surface area contributed by atoms with Crippen molar-refractivity contribution in [2.45, 2.75) is 62.7 Å². The van der Waals surface area contributed by atoms with Crippen molar-refractivity contribution in [2.24, 2.45) is 17.6 Å². The Morgan fingerprint density at radius 2 is 2.22 bits per heavy atom. The van der Waals surface area contributed by atoms with Crippen molar-refractivity contribution in [3.63, 3.8) is 0 Å². The number of aliphatic carboxylic acids is 1. The second kappa shape index (κ2) is 10.1. The van der Waals surface area contributed by atoms with E-state index < -0.39 is 17.9 Å². The molecule has 1 unspecified atom stereocenters. The Hall–Kier alpha value is -2.55. The van der Waals surface area contributed by atoms with Gasteiger partial charge in [0.2, 0.25) is 11.8 Å². The summed E-state index contributed by atoms with van der Waals surface area (Å²) >= 11 is 1.59. The van der Waals surface area contributed by atoms with E-state index in [-0.39, 0.29) is 47.3 Å². The van der Waals surface area contributed by atoms with Crippen LogP contribution >= 0.6 is 11.8 Å². The summed E-state index contributed by atoms with van der Waals surface area (Å²) in [5.74, 6) is -2.27. The first kappa shape index (κ1) is 25.1. The number of β-lactam (4-membered cyclic amide) rings is 1. The van der Waals surface area contributed by atoms with Crippen molar-refractivity contribution in [2.75, 3.05) is 26.2 Å². The molecule has 36 heavy (non-hydrogen) atoms. The number of carboxylic acid groups (broad SMARTS) is 1. The van der Waals surface area contributed by atoms with Crippen molar-refractivity contribution < 1.29 is 19.5 Å². The highest BCUT2D eigenvalue weighted by Crippen LogP contribution is 2.51. The van der Waals surface area contributed by atoms with Gasteiger partial charge in [-0.15, -0.1) is 16.9 Å². The first-order valence-corrected chi connectivity index (χ1v) is 13.3. The van der Waals surface area contributed by atoms with Crippen LogP contribution in [-0.4, -0.2) is 108 Å². The maximum Gasteiger partial charge on any atom is 0.353 e. The van der Waals surface area contributed by atoms with Crippen LogP contribution in [0, 0.1) is 11.8 Å². The number of nitrogens with zero attached hydrogens (tertiary/aromatic N) is 6. The smallest absolute Gasteiger partial charge is 0.353 e. The third kappa shape index (κ3) is 4.74. The molecule has 5 heterocycles. The zero-order valence-corrected chi connectivity index (χ0v) is 21.2. The lowest BCUT2D eigenvalue weighted by Gasteiger charge is -2.47. The fourth-order valence-corrected chi connectivity index (χ4v) is 7.54. The zero-order chi connectivity index (χ0) is 25.6. The number of carbonyl (C=O) groups is 3. The van der Waals surface area contributed by atoms with E-state index in [1.807, 2.05) is 6.92 Å². The first-order chi connectivity index (χ1) is 17.2. The average molecular weight is 520 g/mol. The van der Waals surface area contributed by atoms with E-state index in [4.69, 9.17) is 5.73 Å². The Bertz CT molecular complexity index is 1050. The van der Waals surface area contributed by atoms with Gasteiger partial charge in [-0.2, -0.15) is 0 Å². The number of carboxylic acids is 1. The number of hydrogen-bond acceptors (Lipinski definition) is 10. The predicted octanol–water partition coefficient (Wildman–Crippen LogP) is -1.55. The molecule has 5 N–H and O–H groups in total. The van der Waals surface area contributed by atoms with Gasteiger partial charge in [0.05, 0.1) is 12.0 Å². The number of fused-ring (bicyclic) bond motifs is 1. The fourth-order valence-electron chi connectivity index (χ4n) is 6.02. The summed E-state index contributed by atoms with van der Waals surface area (Å²) in [6, 6.07) is -0.138. The van der Waals surface area contributed by atoms with Gasteiger partial charge in [0.25, 0.3) is 0 Å². The van der Waals surface area contributed by atoms with Crippen LogP contribution < -0.4 is 16.4 Å². The van der Waals surface area contributed by atoms with Gasteiger partial charge in [-0.05, 0) is 36.7 Å². The topological polar surface area (TPSA) is 172 Å². The third-order valence-electron chi connectivity index (χ3n) is 7.68. The Kier molecular flexibility index (Phi) is 7.03. The molecular weight excluding hydrogens is 486 g/mol. The third-order valence-corrected chi connectivity index (χ3v) is 9.19. The Balaban J connectivity index is 1.21. The number of amides is 2. The van der Waals surface area contributed by atoms with E-state index in [0.717, 1.165) is 43.9 Å². The van der Waals surface area contributed by atoms with Crippen molar-refractivity contribution in [1.29, 1.82) is 0 Å². The zero-order valence-electron chi connectivity index (χ0n) is 20.4. The second-order valence-electron chi connectivity index (χ2n) is 10.3. The van der Waals surface area contributed by atoms with Gasteiger partial charge >= 0.3 is 5.97 Å². The molecule has 0 saturated carbocycles. The second-order valence-corrected chi connectivity index (χ2v) is 11.6. The highest BCUT2D eigenvalue weighted by Gasteiger charge is 2.60. The lowest BCUT2D eigenvalue weighted by molar-refractivity contribution is -0.158. The molecule has 1 aromatic rings. The van der Waals surface area contributed by atoms with E-state index in [1.165, 1.54) is 15.9 Å². The summed E-state index contributed by atoms with van der Waals surface area (Å²) in [5.41, 5.74) is 6.13. The Labute approximate surface area is 213 Å². The molecule has 3 saturated heterocycles. The van der Waals surface area contributed by atoms with Crippen LogP contribution in [0.2, 0.25) is 0 Å². The highest BCUT2D eigenvalue weighted by molar-refractivity contribution is 8.03. The molecule has 7 atom stereocenters. The van der Waals surface area contributed by atoms with Crippen LogP contribution in [0.25, 0.3) is 0 Å². The van der Waals surface area contributed by atoms with Crippen LogP contribution in [0.5, 0.6) is 0 Å². The quantitative estimate of drug-likeness (QED) is 0.278. The van der Waals surface area contributed by atoms with Crippen LogP contribution in [0.4, 0.5) is 0 Å². The molecule has 3 fully saturated rings. The molecule has 0 bridgehead atoms. The summed E-state index contributed by atoms with van der Waals surface area (Å²) in [6.45, 7) is 7.40. The minimum atomic E-state index is -1.08. The molecule has 1 aromatic heterocycles. The number of tetrazole rings is 1. The molecule has 0 aliphatic carbocycles. The summed E-state index contributed by atoms with van der Waals surface area (Å²) in [6.07, 6.45) is 3.31. The molecule has 0 spiro atoms. The van der Waals surface area contributed by atoms with Gasteiger partial charge in [0.1, 0.15) is 18.6 Å². The van der Waals surface area contributed by atoms with Gasteiger partial charge in [0, 0.05) is 53.8 Å². The molecule has 196 valence electrons. The first-order valence-electron chi connectivity index (χ1n) is 12.4. The molecule has 4 aliphatic heterocycles. The SMILES string of the molecule is CC(NC(=O)Cn1cnnn1)[C@H]1C(=O)N2C(C(=O)O)=C(S[C@@H]3CN[C@H](CN4CC[C@@H](N)C4)C3)[C@H](C)[C@H]12. The molecule has 0 aromatic carbocycles. The summed E-state index contributed by atoms with van der Waals surface area (Å²) < 4.78 is 1.30. The number of nitrogens with two attached hydrogens (primary N) is 1. The normalized spacial score (nSPS) is 33.1. The van der Waals surface area contributed by atoms with Crippen LogP contribution in [0.15, 0.2) is 16.9 Å². The predicted molar refractivity (Wildman–Crippen MR) is 130 cm³/mol. The van der Waals surface area contributed by atoms with Gasteiger partial charge in [-0.1, -0.05) is 6.92 Å². The maximum atomic E-state index is 13.1. The molecule has 5 rings (SSSR count). The number of thioether (sulfide) groups is 1. The van der Waals surface area contributed by atoms with Gasteiger partial charge in [-0.25, -0.2) is 9.48 Å². The monoisotopic (exact) mass is 519 g/mol. The highest BCUT2D eigenvalue weighted by atomic mass is 32.2. The Morgan fingerprint density at radius 1 is 1.42 bits per heavy atom. The van der Waals surface area contributed by atoms with Crippen LogP contribution in [0.3, 0.4) is 0 Å². The Morgan fingerprint density at radius 3 is 2.89 bits per heavy atom. The molecule has 13 nitrogen and oxygen atoms in total. The average Bonchev–Trinajstić information content (AvgIpc) is 3.59. The fraction of sp³-hybridized carbons (Fsp3) is 0.727. The maximum absolute atomic E-state index is 13.1. The molecule has 4 aliphatic rings. The molecule has 0 radical (unpaired) electrons. The number of hydrogen-bond donors (Lipinski definition) is 4. The van der Waals surface area contributed by atoms with Gasteiger partial charge in [-0.3, -0.25) is 9.59 Å². The van der Waals surface area contributed by atoms with Gasteiger partial charge < -0.3 is 31.3 Å². The van der Waals surface area contributed by atoms with Gasteiger partial charge in [0.15, 0.2) is 0 Å². The summed E-state index contributed by atoms with van der Waals surface area (Å²) in [5, 5.41) is 27.4. The molecule has 2 amide bonds. The lowest BCUT2D eigenvalue weighted by Crippen LogP contribution is -2.66. The number of likely N-dealkylation sites (tertiary alicyclic amines) is 1. The number of rotatable bonds is 9. The summed E-state index contributed by atoms with van der Waals surface area (Å²) in [7, 11) is 0. The number of nitrogens with one attached hydrogen (secondary N) is 2. The molecular formula is C22H33N9O4S. The van der Waals surface area contributed by atoms with Crippen LogP contribution in [-0.2, 0) is 20.9 Å². The minimum absolute atomic E-state index is 0.0544. The van der Waals surface area contributed by atoms with E-state index >= 15 is 0 Å². The standard InChI is InChI=1S/C22H33N9O4S/c1-11-18-17(12(2)26-16(32)9-30-10-25-27-28-30)21(33)31(18)19(22(34)35)20(11)36-15-5-14(24-6-15)8-29-4-3-13(23)7-29/h10-15,17-18,24H,3-9,23H2,1-2H3,(H,26,32)(H,34,35)/t11-,12?,13-,14+,15+,17-,18-/m1/s1. The minimum Gasteiger partial charge on any atom is -0.477 e. The van der Waals surface area contributed by atoms with Crippen molar-refractivity contribution in [3.8, 4) is 0 Å². The van der Waals surface area contributed by atoms with E-state index in [0.29, 0.717) is 6.04 Å². The lowest BCUT2D eigenvalue weighted by atomic mass is 9.78. The summed E-state index contributed by atoms with van der Waals surface area (Å²) in [4.78, 5) is 42.3. The van der Waals surface area contributed by atoms with Crippen molar-refractivity contribution in [3.05, 3.63) is 16.9 Å². The number of carbonyl (C=O) groups excluding carboxylic acids is 2. The number of aromatic nitrogens is 4. The van der Waals surface area contributed by atoms with E-state index in [1.54, 1.807) is 18.7 Å². The van der Waals surface area contributed by atoms with E-state index in [2.05, 4.69) is 31.1 Å².